The molecule has 5 nitrogen and oxygen atoms in total. The molecule has 0 fully saturated rings. The maximum atomic E-state index is 12.2. The van der Waals surface area contributed by atoms with E-state index in [2.05, 4.69) is 22.4 Å². The van der Waals surface area contributed by atoms with Gasteiger partial charge in [-0.15, -0.1) is 10.2 Å². The van der Waals surface area contributed by atoms with Crippen LogP contribution in [0.5, 0.6) is 5.75 Å². The van der Waals surface area contributed by atoms with E-state index in [9.17, 15) is 4.79 Å². The molecule has 0 saturated heterocycles. The number of carbonyl (C=O) groups excluding carboxylic acids is 1. The predicted octanol–water partition coefficient (Wildman–Crippen LogP) is 4.98. The van der Waals surface area contributed by atoms with E-state index in [1.165, 1.54) is 11.3 Å². The molecule has 1 amide bonds. The van der Waals surface area contributed by atoms with E-state index in [4.69, 9.17) is 27.9 Å². The lowest BCUT2D eigenvalue weighted by molar-refractivity contribution is -0.122. The summed E-state index contributed by atoms with van der Waals surface area (Å²) in [6.07, 6.45) is 3.55. The van der Waals surface area contributed by atoms with E-state index in [1.54, 1.807) is 25.1 Å². The minimum atomic E-state index is -0.726. The monoisotopic (exact) mass is 387 g/mol. The number of ether oxygens (including phenoxy) is 1. The number of amides is 1. The first-order chi connectivity index (χ1) is 11.5. The van der Waals surface area contributed by atoms with Crippen LogP contribution in [0.25, 0.3) is 0 Å². The van der Waals surface area contributed by atoms with Crippen molar-refractivity contribution < 1.29 is 9.53 Å². The number of aromatic nitrogens is 2. The molecule has 0 radical (unpaired) electrons. The topological polar surface area (TPSA) is 64.1 Å². The Labute approximate surface area is 155 Å². The van der Waals surface area contributed by atoms with Gasteiger partial charge in [-0.05, 0) is 31.5 Å². The molecule has 0 aliphatic rings. The highest BCUT2D eigenvalue weighted by atomic mass is 35.5. The van der Waals surface area contributed by atoms with Gasteiger partial charge in [-0.2, -0.15) is 0 Å². The van der Waals surface area contributed by atoms with Crippen molar-refractivity contribution in [1.82, 2.24) is 10.2 Å². The van der Waals surface area contributed by atoms with Gasteiger partial charge in [0, 0.05) is 11.4 Å². The van der Waals surface area contributed by atoms with Gasteiger partial charge in [-0.25, -0.2) is 0 Å². The van der Waals surface area contributed by atoms with E-state index < -0.39 is 6.10 Å². The Balaban J connectivity index is 1.89. The summed E-state index contributed by atoms with van der Waals surface area (Å²) < 4.78 is 5.57. The number of hydrogen-bond acceptors (Lipinski definition) is 5. The third kappa shape index (κ3) is 5.61. The first kappa shape index (κ1) is 19.0. The smallest absolute Gasteiger partial charge is 0.266 e. The number of anilines is 1. The zero-order valence-electron chi connectivity index (χ0n) is 13.5. The van der Waals surface area contributed by atoms with Crippen LogP contribution < -0.4 is 10.1 Å². The zero-order chi connectivity index (χ0) is 17.5. The van der Waals surface area contributed by atoms with Gasteiger partial charge >= 0.3 is 0 Å². The SMILES string of the molecule is CCCCCc1nnc(NC(=O)[C@H](C)Oc2ccc(Cl)cc2Cl)s1. The number of nitrogens with one attached hydrogen (secondary N) is 1. The summed E-state index contributed by atoms with van der Waals surface area (Å²) in [5.41, 5.74) is 0. The van der Waals surface area contributed by atoms with Crippen molar-refractivity contribution in [2.24, 2.45) is 0 Å². The summed E-state index contributed by atoms with van der Waals surface area (Å²) in [6, 6.07) is 4.85. The van der Waals surface area contributed by atoms with Crippen LogP contribution in [0.1, 0.15) is 38.1 Å². The maximum Gasteiger partial charge on any atom is 0.266 e. The van der Waals surface area contributed by atoms with Gasteiger partial charge in [0.1, 0.15) is 10.8 Å². The lowest BCUT2D eigenvalue weighted by atomic mass is 10.2. The number of hydrogen-bond donors (Lipinski definition) is 1. The van der Waals surface area contributed by atoms with E-state index >= 15 is 0 Å². The molecule has 2 aromatic rings. The molecule has 1 aromatic heterocycles. The first-order valence-corrected chi connectivity index (χ1v) is 9.31. The van der Waals surface area contributed by atoms with Gasteiger partial charge in [-0.1, -0.05) is 54.3 Å². The summed E-state index contributed by atoms with van der Waals surface area (Å²) in [7, 11) is 0. The van der Waals surface area contributed by atoms with Crippen molar-refractivity contribution in [2.75, 3.05) is 5.32 Å². The second-order valence-electron chi connectivity index (χ2n) is 5.28. The third-order valence-electron chi connectivity index (χ3n) is 3.26. The molecular formula is C16H19Cl2N3O2S. The average molecular weight is 388 g/mol. The van der Waals surface area contributed by atoms with Crippen LogP contribution in [0, 0.1) is 0 Å². The first-order valence-electron chi connectivity index (χ1n) is 7.74. The van der Waals surface area contributed by atoms with Gasteiger partial charge in [0.25, 0.3) is 5.91 Å². The third-order valence-corrected chi connectivity index (χ3v) is 4.69. The van der Waals surface area contributed by atoms with Crippen LogP contribution in [-0.4, -0.2) is 22.2 Å². The number of carbonyl (C=O) groups is 1. The molecule has 8 heteroatoms. The standard InChI is InChI=1S/C16H19Cl2N3O2S/c1-3-4-5-6-14-20-21-16(24-14)19-15(22)10(2)23-13-8-7-11(17)9-12(13)18/h7-10H,3-6H2,1-2H3,(H,19,21,22)/t10-/m0/s1. The van der Waals surface area contributed by atoms with Crippen LogP contribution >= 0.6 is 34.5 Å². The molecule has 1 atom stereocenters. The Hall–Kier alpha value is -1.37. The van der Waals surface area contributed by atoms with Crippen molar-refractivity contribution in [2.45, 2.75) is 45.6 Å². The number of aryl methyl sites for hydroxylation is 1. The lowest BCUT2D eigenvalue weighted by Crippen LogP contribution is -2.30. The Morgan fingerprint density at radius 2 is 2.12 bits per heavy atom. The molecule has 2 rings (SSSR count). The van der Waals surface area contributed by atoms with Gasteiger partial charge in [0.05, 0.1) is 5.02 Å². The van der Waals surface area contributed by atoms with E-state index in [1.807, 2.05) is 0 Å². The molecular weight excluding hydrogens is 369 g/mol. The van der Waals surface area contributed by atoms with Crippen molar-refractivity contribution in [3.8, 4) is 5.75 Å². The minimum absolute atomic E-state index is 0.308. The van der Waals surface area contributed by atoms with Gasteiger partial charge in [0.2, 0.25) is 5.13 Å². The second kappa shape index (κ2) is 9.20. The van der Waals surface area contributed by atoms with Gasteiger partial charge < -0.3 is 4.74 Å². The van der Waals surface area contributed by atoms with Crippen LogP contribution in [-0.2, 0) is 11.2 Å². The molecule has 0 aliphatic heterocycles. The quantitative estimate of drug-likeness (QED) is 0.648. The zero-order valence-corrected chi connectivity index (χ0v) is 15.8. The second-order valence-corrected chi connectivity index (χ2v) is 7.19. The molecule has 0 saturated carbocycles. The molecule has 1 N–H and O–H groups in total. The van der Waals surface area contributed by atoms with Gasteiger partial charge in [0.15, 0.2) is 6.10 Å². The molecule has 0 spiro atoms. The number of rotatable bonds is 8. The number of unbranched alkanes of at least 4 members (excludes halogenated alkanes) is 2. The Morgan fingerprint density at radius 3 is 2.83 bits per heavy atom. The van der Waals surface area contributed by atoms with Gasteiger partial charge in [-0.3, -0.25) is 10.1 Å². The average Bonchev–Trinajstić information content (AvgIpc) is 2.97. The fraction of sp³-hybridized carbons (Fsp3) is 0.438. The van der Waals surface area contributed by atoms with E-state index in [0.717, 1.165) is 30.7 Å². The van der Waals surface area contributed by atoms with Crippen LogP contribution in [0.4, 0.5) is 5.13 Å². The van der Waals surface area contributed by atoms with Crippen molar-refractivity contribution >= 4 is 45.6 Å². The molecule has 24 heavy (non-hydrogen) atoms. The highest BCUT2D eigenvalue weighted by Crippen LogP contribution is 2.28. The van der Waals surface area contributed by atoms with Crippen molar-refractivity contribution in [1.29, 1.82) is 0 Å². The summed E-state index contributed by atoms with van der Waals surface area (Å²) in [5.74, 6) is 0.0958. The normalized spacial score (nSPS) is 12.0. The number of benzene rings is 1. The summed E-state index contributed by atoms with van der Waals surface area (Å²) >= 11 is 13.3. The van der Waals surface area contributed by atoms with Crippen LogP contribution in [0.2, 0.25) is 10.0 Å². The number of halogens is 2. The molecule has 0 unspecified atom stereocenters. The summed E-state index contributed by atoms with van der Waals surface area (Å²) in [5, 5.41) is 13.1. The molecule has 1 aromatic carbocycles. The minimum Gasteiger partial charge on any atom is -0.479 e. The van der Waals surface area contributed by atoms with Crippen molar-refractivity contribution in [3.63, 3.8) is 0 Å². The highest BCUT2D eigenvalue weighted by Gasteiger charge is 2.18. The highest BCUT2D eigenvalue weighted by molar-refractivity contribution is 7.15. The summed E-state index contributed by atoms with van der Waals surface area (Å²) in [4.78, 5) is 12.2. The fourth-order valence-corrected chi connectivity index (χ4v) is 3.19. The molecule has 1 heterocycles. The Kier molecular flexibility index (Phi) is 7.27. The molecule has 130 valence electrons. The fourth-order valence-electron chi connectivity index (χ4n) is 1.95. The summed E-state index contributed by atoms with van der Waals surface area (Å²) in [6.45, 7) is 3.80. The number of nitrogens with zero attached hydrogens (tertiary/aromatic N) is 2. The van der Waals surface area contributed by atoms with E-state index in [0.29, 0.717) is 20.9 Å². The Morgan fingerprint density at radius 1 is 1.33 bits per heavy atom. The van der Waals surface area contributed by atoms with Crippen LogP contribution in [0.15, 0.2) is 18.2 Å². The molecule has 0 bridgehead atoms. The Bertz CT molecular complexity index is 694. The van der Waals surface area contributed by atoms with Crippen molar-refractivity contribution in [3.05, 3.63) is 33.3 Å². The van der Waals surface area contributed by atoms with Crippen LogP contribution in [0.3, 0.4) is 0 Å². The van der Waals surface area contributed by atoms with E-state index in [-0.39, 0.29) is 5.91 Å². The molecule has 0 aliphatic carbocycles. The lowest BCUT2D eigenvalue weighted by Gasteiger charge is -2.14. The predicted molar refractivity (Wildman–Crippen MR) is 98.3 cm³/mol. The largest absolute Gasteiger partial charge is 0.479 e. The maximum absolute atomic E-state index is 12.2.